The van der Waals surface area contributed by atoms with Crippen molar-refractivity contribution in [1.82, 2.24) is 0 Å². The maximum absolute atomic E-state index is 11.3. The van der Waals surface area contributed by atoms with E-state index < -0.39 is 0 Å². The van der Waals surface area contributed by atoms with E-state index >= 15 is 0 Å². The van der Waals surface area contributed by atoms with Crippen LogP contribution in [0.15, 0.2) is 22.8 Å². The lowest BCUT2D eigenvalue weighted by atomic mass is 10.5. The smallest absolute Gasteiger partial charge is 0.254 e. The Balaban J connectivity index is 1.83. The Bertz CT molecular complexity index is 265. The fraction of sp³-hybridized carbons (Fsp3) is 0.375. The molecule has 1 aliphatic rings. The van der Waals surface area contributed by atoms with Crippen LogP contribution in [0, 0.1) is 0 Å². The molecule has 2 rings (SSSR count). The monoisotopic (exact) mass is 200 g/mol. The molecule has 0 aliphatic carbocycles. The Labute approximate surface area is 79.1 Å². The second kappa shape index (κ2) is 3.58. The van der Waals surface area contributed by atoms with E-state index in [4.69, 9.17) is 4.42 Å². The maximum atomic E-state index is 11.3. The van der Waals surface area contributed by atoms with Crippen LogP contribution in [0.1, 0.15) is 10.6 Å². The predicted molar refractivity (Wildman–Crippen MR) is 51.7 cm³/mol. The second-order valence-electron chi connectivity index (χ2n) is 2.53. The van der Waals surface area contributed by atoms with Gasteiger partial charge in [0.1, 0.15) is 0 Å². The van der Waals surface area contributed by atoms with Crippen LogP contribution in [0.25, 0.3) is 0 Å². The van der Waals surface area contributed by atoms with E-state index in [0.29, 0.717) is 11.0 Å². The van der Waals surface area contributed by atoms with Crippen molar-refractivity contribution in [2.45, 2.75) is 5.25 Å². The number of hydrogen-bond acceptors (Lipinski definition) is 4. The Morgan fingerprint density at radius 3 is 3.25 bits per heavy atom. The van der Waals surface area contributed by atoms with Gasteiger partial charge in [0.2, 0.25) is 0 Å². The van der Waals surface area contributed by atoms with Crippen molar-refractivity contribution < 1.29 is 9.21 Å². The molecule has 2 nitrogen and oxygen atoms in total. The molecule has 1 aromatic rings. The average molecular weight is 200 g/mol. The Hall–Kier alpha value is -0.350. The topological polar surface area (TPSA) is 30.2 Å². The van der Waals surface area contributed by atoms with Crippen LogP contribution in [0.4, 0.5) is 0 Å². The molecule has 0 bridgehead atoms. The van der Waals surface area contributed by atoms with Crippen molar-refractivity contribution in [3.8, 4) is 0 Å². The first kappa shape index (κ1) is 8.26. The number of rotatable bonds is 3. The van der Waals surface area contributed by atoms with Crippen molar-refractivity contribution in [2.75, 3.05) is 11.5 Å². The molecule has 0 radical (unpaired) electrons. The summed E-state index contributed by atoms with van der Waals surface area (Å²) in [4.78, 5) is 11.3. The molecule has 1 unspecified atom stereocenters. The molecule has 0 N–H and O–H groups in total. The minimum Gasteiger partial charge on any atom is -0.460 e. The normalized spacial score (nSPS) is 20.8. The van der Waals surface area contributed by atoms with Gasteiger partial charge in [0.15, 0.2) is 5.76 Å². The van der Waals surface area contributed by atoms with E-state index in [-0.39, 0.29) is 5.12 Å². The SMILES string of the molecule is O=C(SCC1CS1)c1ccco1. The number of furan rings is 1. The van der Waals surface area contributed by atoms with Crippen LogP contribution in [0.2, 0.25) is 0 Å². The molecular weight excluding hydrogens is 192 g/mol. The first-order valence-electron chi connectivity index (χ1n) is 3.68. The van der Waals surface area contributed by atoms with Crippen molar-refractivity contribution in [3.63, 3.8) is 0 Å². The van der Waals surface area contributed by atoms with Crippen LogP contribution < -0.4 is 0 Å². The minimum absolute atomic E-state index is 0.0486. The molecule has 12 heavy (non-hydrogen) atoms. The highest BCUT2D eigenvalue weighted by Gasteiger charge is 2.24. The molecule has 1 aliphatic heterocycles. The first-order valence-corrected chi connectivity index (χ1v) is 5.72. The summed E-state index contributed by atoms with van der Waals surface area (Å²) in [5.41, 5.74) is 0. The summed E-state index contributed by atoms with van der Waals surface area (Å²) < 4.78 is 4.97. The summed E-state index contributed by atoms with van der Waals surface area (Å²) in [6.07, 6.45) is 1.53. The third kappa shape index (κ3) is 2.08. The van der Waals surface area contributed by atoms with E-state index in [1.54, 1.807) is 12.1 Å². The highest BCUT2D eigenvalue weighted by atomic mass is 32.2. The maximum Gasteiger partial charge on any atom is 0.254 e. The summed E-state index contributed by atoms with van der Waals surface area (Å²) in [5.74, 6) is 2.59. The molecule has 0 aromatic carbocycles. The van der Waals surface area contributed by atoms with Gasteiger partial charge in [-0.3, -0.25) is 4.79 Å². The molecule has 1 saturated heterocycles. The lowest BCUT2D eigenvalue weighted by molar-refractivity contribution is 0.106. The Kier molecular flexibility index (Phi) is 2.46. The van der Waals surface area contributed by atoms with E-state index in [2.05, 4.69) is 0 Å². The highest BCUT2D eigenvalue weighted by Crippen LogP contribution is 2.33. The molecule has 64 valence electrons. The summed E-state index contributed by atoms with van der Waals surface area (Å²) >= 11 is 3.26. The lowest BCUT2D eigenvalue weighted by Gasteiger charge is -1.93. The predicted octanol–water partition coefficient (Wildman–Crippen LogP) is 2.27. The number of thioether (sulfide) groups is 2. The fourth-order valence-corrected chi connectivity index (χ4v) is 2.50. The van der Waals surface area contributed by atoms with Gasteiger partial charge in [0, 0.05) is 16.8 Å². The van der Waals surface area contributed by atoms with Crippen LogP contribution in [0.5, 0.6) is 0 Å². The van der Waals surface area contributed by atoms with Gasteiger partial charge in [-0.15, -0.1) is 0 Å². The summed E-state index contributed by atoms with van der Waals surface area (Å²) in [5, 5.41) is 0.751. The third-order valence-electron chi connectivity index (χ3n) is 1.53. The number of carbonyl (C=O) groups is 1. The molecule has 1 aromatic heterocycles. The van der Waals surface area contributed by atoms with Crippen molar-refractivity contribution in [2.24, 2.45) is 0 Å². The van der Waals surface area contributed by atoms with Gasteiger partial charge in [-0.05, 0) is 12.1 Å². The minimum atomic E-state index is 0.0486. The van der Waals surface area contributed by atoms with E-state index in [0.717, 1.165) is 5.75 Å². The lowest BCUT2D eigenvalue weighted by Crippen LogP contribution is -1.95. The van der Waals surface area contributed by atoms with Gasteiger partial charge in [0.25, 0.3) is 5.12 Å². The third-order valence-corrected chi connectivity index (χ3v) is 3.74. The molecule has 1 atom stereocenters. The van der Waals surface area contributed by atoms with Crippen LogP contribution in [-0.4, -0.2) is 21.9 Å². The molecular formula is C8H8O2S2. The highest BCUT2D eigenvalue weighted by molar-refractivity contribution is 8.15. The van der Waals surface area contributed by atoms with Gasteiger partial charge in [-0.1, -0.05) is 11.8 Å². The zero-order valence-electron chi connectivity index (χ0n) is 6.36. The quantitative estimate of drug-likeness (QED) is 0.700. The van der Waals surface area contributed by atoms with Crippen molar-refractivity contribution >= 4 is 28.6 Å². The number of hydrogen-bond donors (Lipinski definition) is 0. The number of carbonyl (C=O) groups excluding carboxylic acids is 1. The van der Waals surface area contributed by atoms with Gasteiger partial charge in [-0.2, -0.15) is 11.8 Å². The molecule has 0 saturated carbocycles. The standard InChI is InChI=1S/C8H8O2S2/c9-8(7-2-1-3-10-7)12-5-6-4-11-6/h1-3,6H,4-5H2. The zero-order valence-corrected chi connectivity index (χ0v) is 7.99. The molecule has 4 heteroatoms. The Morgan fingerprint density at radius 2 is 2.67 bits per heavy atom. The second-order valence-corrected chi connectivity index (χ2v) is 4.86. The molecule has 2 heterocycles. The van der Waals surface area contributed by atoms with E-state index in [1.165, 1.54) is 23.8 Å². The van der Waals surface area contributed by atoms with Gasteiger partial charge < -0.3 is 4.42 Å². The van der Waals surface area contributed by atoms with E-state index in [9.17, 15) is 4.79 Å². The fourth-order valence-electron chi connectivity index (χ4n) is 0.799. The van der Waals surface area contributed by atoms with Crippen molar-refractivity contribution in [1.29, 1.82) is 0 Å². The van der Waals surface area contributed by atoms with Gasteiger partial charge in [0.05, 0.1) is 6.26 Å². The van der Waals surface area contributed by atoms with Crippen LogP contribution in [0.3, 0.4) is 0 Å². The van der Waals surface area contributed by atoms with E-state index in [1.807, 2.05) is 11.8 Å². The molecule has 0 spiro atoms. The van der Waals surface area contributed by atoms with Gasteiger partial charge in [-0.25, -0.2) is 0 Å². The largest absolute Gasteiger partial charge is 0.460 e. The average Bonchev–Trinajstić information content (AvgIpc) is 2.74. The molecule has 1 fully saturated rings. The summed E-state index contributed by atoms with van der Waals surface area (Å²) in [7, 11) is 0. The van der Waals surface area contributed by atoms with Gasteiger partial charge >= 0.3 is 0 Å². The summed E-state index contributed by atoms with van der Waals surface area (Å²) in [6, 6.07) is 3.44. The first-order chi connectivity index (χ1) is 5.86. The summed E-state index contributed by atoms with van der Waals surface area (Å²) in [6.45, 7) is 0. The molecule has 0 amide bonds. The van der Waals surface area contributed by atoms with Crippen LogP contribution >= 0.6 is 23.5 Å². The Morgan fingerprint density at radius 1 is 1.83 bits per heavy atom. The van der Waals surface area contributed by atoms with Crippen LogP contribution in [-0.2, 0) is 0 Å². The van der Waals surface area contributed by atoms with Crippen molar-refractivity contribution in [3.05, 3.63) is 24.2 Å². The zero-order chi connectivity index (χ0) is 8.39.